The second kappa shape index (κ2) is 9.81. The van der Waals surface area contributed by atoms with Crippen LogP contribution in [-0.2, 0) is 11.2 Å². The zero-order valence-electron chi connectivity index (χ0n) is 14.4. The monoisotopic (exact) mass is 412 g/mol. The van der Waals surface area contributed by atoms with E-state index < -0.39 is 0 Å². The van der Waals surface area contributed by atoms with Crippen molar-refractivity contribution in [1.82, 2.24) is 5.43 Å². The average molecular weight is 414 g/mol. The van der Waals surface area contributed by atoms with Crippen LogP contribution in [0.5, 0.6) is 5.75 Å². The van der Waals surface area contributed by atoms with E-state index in [0.717, 1.165) is 5.56 Å². The molecular formula is C19H19Cl3N2O2. The Balaban J connectivity index is 1.95. The van der Waals surface area contributed by atoms with Gasteiger partial charge in [-0.3, -0.25) is 4.79 Å². The van der Waals surface area contributed by atoms with E-state index in [1.165, 1.54) is 6.21 Å². The highest BCUT2D eigenvalue weighted by Crippen LogP contribution is 2.34. The van der Waals surface area contributed by atoms with Gasteiger partial charge in [0.25, 0.3) is 0 Å². The van der Waals surface area contributed by atoms with Crippen LogP contribution in [0.25, 0.3) is 0 Å². The summed E-state index contributed by atoms with van der Waals surface area (Å²) in [6.07, 6.45) is 1.68. The summed E-state index contributed by atoms with van der Waals surface area (Å²) in [6, 6.07) is 10.4. The molecule has 2 aromatic carbocycles. The molecule has 1 amide bonds. The summed E-state index contributed by atoms with van der Waals surface area (Å²) >= 11 is 18.2. The molecule has 0 aliphatic rings. The fourth-order valence-electron chi connectivity index (χ4n) is 2.05. The summed E-state index contributed by atoms with van der Waals surface area (Å²) in [7, 11) is 0. The largest absolute Gasteiger partial charge is 0.490 e. The van der Waals surface area contributed by atoms with E-state index in [-0.39, 0.29) is 12.3 Å². The Morgan fingerprint density at radius 1 is 1.15 bits per heavy atom. The molecule has 2 rings (SSSR count). The van der Waals surface area contributed by atoms with Gasteiger partial charge < -0.3 is 4.74 Å². The smallest absolute Gasteiger partial charge is 0.244 e. The number of nitrogens with one attached hydrogen (secondary N) is 1. The lowest BCUT2D eigenvalue weighted by molar-refractivity contribution is -0.120. The van der Waals surface area contributed by atoms with E-state index in [1.807, 2.05) is 13.8 Å². The first-order chi connectivity index (χ1) is 12.3. The van der Waals surface area contributed by atoms with E-state index in [9.17, 15) is 4.79 Å². The van der Waals surface area contributed by atoms with Crippen LogP contribution in [0.4, 0.5) is 0 Å². The second-order valence-electron chi connectivity index (χ2n) is 6.11. The highest BCUT2D eigenvalue weighted by atomic mass is 35.5. The third-order valence-corrected chi connectivity index (χ3v) is 4.08. The molecule has 0 aliphatic heterocycles. The van der Waals surface area contributed by atoms with Gasteiger partial charge in [-0.25, -0.2) is 5.43 Å². The highest BCUT2D eigenvalue weighted by molar-refractivity contribution is 6.37. The van der Waals surface area contributed by atoms with Gasteiger partial charge >= 0.3 is 0 Å². The van der Waals surface area contributed by atoms with Crippen LogP contribution in [0.15, 0.2) is 41.5 Å². The number of carbonyl (C=O) groups is 1. The predicted octanol–water partition coefficient (Wildman–Crippen LogP) is 5.37. The highest BCUT2D eigenvalue weighted by Gasteiger charge is 2.10. The number of hydrazone groups is 1. The molecule has 0 spiro atoms. The van der Waals surface area contributed by atoms with Crippen LogP contribution < -0.4 is 10.2 Å². The minimum Gasteiger partial charge on any atom is -0.490 e. The van der Waals surface area contributed by atoms with Crippen LogP contribution in [0.3, 0.4) is 0 Å². The Morgan fingerprint density at radius 3 is 2.35 bits per heavy atom. The van der Waals surface area contributed by atoms with E-state index in [1.54, 1.807) is 36.4 Å². The third kappa shape index (κ3) is 6.52. The summed E-state index contributed by atoms with van der Waals surface area (Å²) < 4.78 is 5.61. The van der Waals surface area contributed by atoms with Crippen molar-refractivity contribution in [3.05, 3.63) is 62.6 Å². The number of rotatable bonds is 7. The Labute approximate surface area is 168 Å². The summed E-state index contributed by atoms with van der Waals surface area (Å²) in [5.74, 6) is 0.572. The quantitative estimate of drug-likeness (QED) is 0.490. The van der Waals surface area contributed by atoms with E-state index >= 15 is 0 Å². The van der Waals surface area contributed by atoms with Crippen molar-refractivity contribution >= 4 is 46.9 Å². The van der Waals surface area contributed by atoms with Gasteiger partial charge in [0.05, 0.1) is 29.3 Å². The number of benzene rings is 2. The second-order valence-corrected chi connectivity index (χ2v) is 7.37. The van der Waals surface area contributed by atoms with Crippen molar-refractivity contribution in [2.45, 2.75) is 20.3 Å². The minimum atomic E-state index is -0.238. The lowest BCUT2D eigenvalue weighted by Gasteiger charge is -2.12. The Hall–Kier alpha value is -1.75. The molecule has 4 nitrogen and oxygen atoms in total. The van der Waals surface area contributed by atoms with Crippen molar-refractivity contribution < 1.29 is 9.53 Å². The van der Waals surface area contributed by atoms with Crippen molar-refractivity contribution in [2.75, 3.05) is 6.61 Å². The van der Waals surface area contributed by atoms with Gasteiger partial charge in [0, 0.05) is 5.02 Å². The van der Waals surface area contributed by atoms with Crippen molar-refractivity contribution in [2.24, 2.45) is 11.0 Å². The number of nitrogens with zero attached hydrogens (tertiary/aromatic N) is 1. The maximum absolute atomic E-state index is 11.9. The molecule has 7 heteroatoms. The summed E-state index contributed by atoms with van der Waals surface area (Å²) in [6.45, 7) is 4.60. The van der Waals surface area contributed by atoms with Crippen LogP contribution in [0, 0.1) is 5.92 Å². The zero-order chi connectivity index (χ0) is 19.1. The van der Waals surface area contributed by atoms with Crippen molar-refractivity contribution in [3.63, 3.8) is 0 Å². The first kappa shape index (κ1) is 20.6. The lowest BCUT2D eigenvalue weighted by atomic mass is 10.1. The van der Waals surface area contributed by atoms with Crippen LogP contribution in [0.1, 0.15) is 25.0 Å². The maximum Gasteiger partial charge on any atom is 0.244 e. The average Bonchev–Trinajstić information content (AvgIpc) is 2.56. The molecule has 0 atom stereocenters. The standard InChI is InChI=1S/C19H19Cl3N2O2/c1-12(2)11-26-19-16(21)7-14(8-17(19)22)10-23-24-18(25)9-13-3-5-15(20)6-4-13/h3-8,10,12H,9,11H2,1-2H3,(H,24,25)/b23-10-. The number of hydrogen-bond acceptors (Lipinski definition) is 3. The summed E-state index contributed by atoms with van der Waals surface area (Å²) in [5.41, 5.74) is 3.97. The number of ether oxygens (including phenoxy) is 1. The summed E-state index contributed by atoms with van der Waals surface area (Å²) in [5, 5.41) is 5.35. The number of halogens is 3. The van der Waals surface area contributed by atoms with Crippen LogP contribution in [0.2, 0.25) is 15.1 Å². The minimum absolute atomic E-state index is 0.206. The molecule has 26 heavy (non-hydrogen) atoms. The molecule has 0 saturated heterocycles. The number of hydrogen-bond donors (Lipinski definition) is 1. The Bertz CT molecular complexity index is 767. The topological polar surface area (TPSA) is 50.7 Å². The first-order valence-electron chi connectivity index (χ1n) is 8.03. The number of carbonyl (C=O) groups excluding carboxylic acids is 1. The molecule has 138 valence electrons. The molecule has 0 unspecified atom stereocenters. The SMILES string of the molecule is CC(C)COc1c(Cl)cc(/C=N\NC(=O)Cc2ccc(Cl)cc2)cc1Cl. The van der Waals surface area contributed by atoms with Crippen molar-refractivity contribution in [1.29, 1.82) is 0 Å². The van der Waals surface area contributed by atoms with Gasteiger partial charge in [0.15, 0.2) is 5.75 Å². The third-order valence-electron chi connectivity index (χ3n) is 3.26. The molecule has 0 radical (unpaired) electrons. The van der Waals surface area contributed by atoms with Crippen LogP contribution in [-0.4, -0.2) is 18.7 Å². The zero-order valence-corrected chi connectivity index (χ0v) is 16.7. The molecule has 0 heterocycles. The van der Waals surface area contributed by atoms with Crippen LogP contribution >= 0.6 is 34.8 Å². The predicted molar refractivity (Wildman–Crippen MR) is 108 cm³/mol. The molecule has 1 N–H and O–H groups in total. The van der Waals surface area contributed by atoms with E-state index in [2.05, 4.69) is 10.5 Å². The molecule has 0 fully saturated rings. The molecule has 0 saturated carbocycles. The Kier molecular flexibility index (Phi) is 7.76. The van der Waals surface area contributed by atoms with Crippen molar-refractivity contribution in [3.8, 4) is 5.75 Å². The molecular weight excluding hydrogens is 395 g/mol. The van der Waals surface area contributed by atoms with E-state index in [0.29, 0.717) is 38.9 Å². The van der Waals surface area contributed by atoms with Gasteiger partial charge in [-0.2, -0.15) is 5.10 Å². The summed E-state index contributed by atoms with van der Waals surface area (Å²) in [4.78, 5) is 11.9. The maximum atomic E-state index is 11.9. The lowest BCUT2D eigenvalue weighted by Crippen LogP contribution is -2.19. The van der Waals surface area contributed by atoms with Gasteiger partial charge in [0.1, 0.15) is 0 Å². The molecule has 0 aromatic heterocycles. The normalized spacial score (nSPS) is 11.2. The van der Waals surface area contributed by atoms with Gasteiger partial charge in [-0.1, -0.05) is 60.8 Å². The van der Waals surface area contributed by atoms with Gasteiger partial charge in [-0.05, 0) is 41.3 Å². The first-order valence-corrected chi connectivity index (χ1v) is 9.16. The Morgan fingerprint density at radius 2 is 1.77 bits per heavy atom. The molecule has 0 aliphatic carbocycles. The van der Waals surface area contributed by atoms with Gasteiger partial charge in [-0.15, -0.1) is 0 Å². The fraction of sp³-hybridized carbons (Fsp3) is 0.263. The number of amides is 1. The van der Waals surface area contributed by atoms with E-state index in [4.69, 9.17) is 39.5 Å². The fourth-order valence-corrected chi connectivity index (χ4v) is 2.79. The van der Waals surface area contributed by atoms with Gasteiger partial charge in [0.2, 0.25) is 5.91 Å². The molecule has 0 bridgehead atoms. The molecule has 2 aromatic rings.